The minimum absolute atomic E-state index is 0.00890. The zero-order valence-electron chi connectivity index (χ0n) is 12.7. The number of hydrogen-bond acceptors (Lipinski definition) is 3. The number of rotatable bonds is 4. The van der Waals surface area contributed by atoms with Crippen molar-refractivity contribution in [3.05, 3.63) is 29.8 Å². The molecule has 5 nitrogen and oxygen atoms in total. The second-order valence-electron chi connectivity index (χ2n) is 5.72. The number of hydrogen-bond donors (Lipinski definition) is 2. The molecule has 1 aliphatic rings. The SMILES string of the molecule is CC(=O)c1cccc(NC(=O)NCC2CCN(C)CC2)c1. The summed E-state index contributed by atoms with van der Waals surface area (Å²) >= 11 is 0. The molecule has 0 unspecified atom stereocenters. The van der Waals surface area contributed by atoms with Crippen molar-refractivity contribution in [2.45, 2.75) is 19.8 Å². The van der Waals surface area contributed by atoms with Crippen molar-refractivity contribution in [3.8, 4) is 0 Å². The van der Waals surface area contributed by atoms with E-state index in [4.69, 9.17) is 0 Å². The fourth-order valence-corrected chi connectivity index (χ4v) is 2.49. The Kier molecular flexibility index (Phi) is 5.33. The predicted molar refractivity (Wildman–Crippen MR) is 83.7 cm³/mol. The number of carbonyl (C=O) groups is 2. The number of Topliss-reactive ketones (excluding diaryl/α,β-unsaturated/α-hetero) is 1. The van der Waals surface area contributed by atoms with Gasteiger partial charge in [-0.2, -0.15) is 0 Å². The van der Waals surface area contributed by atoms with Gasteiger partial charge in [0.1, 0.15) is 0 Å². The monoisotopic (exact) mass is 289 g/mol. The lowest BCUT2D eigenvalue weighted by atomic mass is 9.97. The summed E-state index contributed by atoms with van der Waals surface area (Å²) in [5.74, 6) is 0.542. The lowest BCUT2D eigenvalue weighted by Crippen LogP contribution is -2.38. The first-order valence-corrected chi connectivity index (χ1v) is 7.39. The van der Waals surface area contributed by atoms with Gasteiger partial charge in [-0.05, 0) is 58.0 Å². The number of piperidine rings is 1. The molecule has 1 aromatic carbocycles. The number of carbonyl (C=O) groups excluding carboxylic acids is 2. The van der Waals surface area contributed by atoms with Gasteiger partial charge >= 0.3 is 6.03 Å². The van der Waals surface area contributed by atoms with Crippen LogP contribution < -0.4 is 10.6 Å². The Morgan fingerprint density at radius 1 is 1.29 bits per heavy atom. The molecule has 114 valence electrons. The maximum atomic E-state index is 11.9. The molecule has 5 heteroatoms. The number of urea groups is 1. The Labute approximate surface area is 125 Å². The summed E-state index contributed by atoms with van der Waals surface area (Å²) in [6.07, 6.45) is 2.24. The van der Waals surface area contributed by atoms with Gasteiger partial charge in [0.05, 0.1) is 0 Å². The number of ketones is 1. The van der Waals surface area contributed by atoms with E-state index in [0.29, 0.717) is 23.7 Å². The molecule has 2 amide bonds. The van der Waals surface area contributed by atoms with Crippen LogP contribution in [0.5, 0.6) is 0 Å². The standard InChI is InChI=1S/C16H23N3O2/c1-12(20)14-4-3-5-15(10-14)18-16(21)17-11-13-6-8-19(2)9-7-13/h3-5,10,13H,6-9,11H2,1-2H3,(H2,17,18,21). The summed E-state index contributed by atoms with van der Waals surface area (Å²) in [4.78, 5) is 25.5. The van der Waals surface area contributed by atoms with E-state index in [1.165, 1.54) is 6.92 Å². The Morgan fingerprint density at radius 3 is 2.67 bits per heavy atom. The first-order valence-electron chi connectivity index (χ1n) is 7.39. The first-order chi connectivity index (χ1) is 10.0. The van der Waals surface area contributed by atoms with E-state index in [9.17, 15) is 9.59 Å². The molecule has 0 atom stereocenters. The largest absolute Gasteiger partial charge is 0.338 e. The average molecular weight is 289 g/mol. The van der Waals surface area contributed by atoms with Crippen molar-refractivity contribution in [1.29, 1.82) is 0 Å². The van der Waals surface area contributed by atoms with Gasteiger partial charge in [0.15, 0.2) is 5.78 Å². The van der Waals surface area contributed by atoms with Gasteiger partial charge in [0.25, 0.3) is 0 Å². The molecule has 0 saturated carbocycles. The van der Waals surface area contributed by atoms with Crippen LogP contribution in [0, 0.1) is 5.92 Å². The highest BCUT2D eigenvalue weighted by Gasteiger charge is 2.17. The summed E-state index contributed by atoms with van der Waals surface area (Å²) in [7, 11) is 2.12. The average Bonchev–Trinajstić information content (AvgIpc) is 2.47. The highest BCUT2D eigenvalue weighted by molar-refractivity contribution is 5.96. The van der Waals surface area contributed by atoms with Crippen LogP contribution in [0.4, 0.5) is 10.5 Å². The Hall–Kier alpha value is -1.88. The van der Waals surface area contributed by atoms with E-state index in [1.807, 2.05) is 0 Å². The van der Waals surface area contributed by atoms with Crippen LogP contribution >= 0.6 is 0 Å². The van der Waals surface area contributed by atoms with E-state index in [1.54, 1.807) is 24.3 Å². The van der Waals surface area contributed by atoms with Gasteiger partial charge in [-0.15, -0.1) is 0 Å². The first kappa shape index (κ1) is 15.5. The van der Waals surface area contributed by atoms with Gasteiger partial charge in [-0.3, -0.25) is 4.79 Å². The molecule has 0 aliphatic carbocycles. The van der Waals surface area contributed by atoms with Crippen molar-refractivity contribution < 1.29 is 9.59 Å². The van der Waals surface area contributed by atoms with Crippen molar-refractivity contribution in [2.24, 2.45) is 5.92 Å². The Balaban J connectivity index is 1.79. The lowest BCUT2D eigenvalue weighted by Gasteiger charge is -2.28. The second-order valence-corrected chi connectivity index (χ2v) is 5.72. The molecule has 2 N–H and O–H groups in total. The number of nitrogens with zero attached hydrogens (tertiary/aromatic N) is 1. The Bertz CT molecular complexity index is 508. The summed E-state index contributed by atoms with van der Waals surface area (Å²) in [5.41, 5.74) is 1.24. The molecule has 2 rings (SSSR count). The van der Waals surface area contributed by atoms with Gasteiger partial charge in [0, 0.05) is 17.8 Å². The molecule has 0 radical (unpaired) electrons. The topological polar surface area (TPSA) is 61.4 Å². The molecule has 1 saturated heterocycles. The van der Waals surface area contributed by atoms with Crippen molar-refractivity contribution in [3.63, 3.8) is 0 Å². The Morgan fingerprint density at radius 2 is 2.00 bits per heavy atom. The number of anilines is 1. The normalized spacial score (nSPS) is 16.5. The van der Waals surface area contributed by atoms with E-state index in [0.717, 1.165) is 25.9 Å². The van der Waals surface area contributed by atoms with Crippen molar-refractivity contribution in [1.82, 2.24) is 10.2 Å². The summed E-state index contributed by atoms with van der Waals surface area (Å²) < 4.78 is 0. The molecule has 1 aromatic rings. The molecule has 0 spiro atoms. The van der Waals surface area contributed by atoms with E-state index >= 15 is 0 Å². The maximum Gasteiger partial charge on any atom is 0.319 e. The van der Waals surface area contributed by atoms with E-state index in [2.05, 4.69) is 22.6 Å². The van der Waals surface area contributed by atoms with Crippen LogP contribution in [0.3, 0.4) is 0 Å². The molecule has 1 heterocycles. The second kappa shape index (κ2) is 7.22. The van der Waals surface area contributed by atoms with Crippen LogP contribution in [0.15, 0.2) is 24.3 Å². The quantitative estimate of drug-likeness (QED) is 0.836. The molecular weight excluding hydrogens is 266 g/mol. The van der Waals surface area contributed by atoms with E-state index in [-0.39, 0.29) is 11.8 Å². The number of amides is 2. The summed E-state index contributed by atoms with van der Waals surface area (Å²) in [6, 6.07) is 6.77. The number of nitrogens with one attached hydrogen (secondary N) is 2. The predicted octanol–water partition coefficient (Wildman–Crippen LogP) is 2.35. The van der Waals surface area contributed by atoms with Crippen molar-refractivity contribution in [2.75, 3.05) is 32.0 Å². The van der Waals surface area contributed by atoms with Gasteiger partial charge in [0.2, 0.25) is 0 Å². The maximum absolute atomic E-state index is 11.9. The smallest absolute Gasteiger partial charge is 0.319 e. The molecule has 1 fully saturated rings. The minimum Gasteiger partial charge on any atom is -0.338 e. The molecule has 0 bridgehead atoms. The third-order valence-electron chi connectivity index (χ3n) is 3.92. The molecule has 0 aromatic heterocycles. The third kappa shape index (κ3) is 4.86. The van der Waals surface area contributed by atoms with Gasteiger partial charge in [-0.25, -0.2) is 4.79 Å². The van der Waals surface area contributed by atoms with Gasteiger partial charge in [-0.1, -0.05) is 12.1 Å². The summed E-state index contributed by atoms with van der Waals surface area (Å²) in [6.45, 7) is 4.40. The van der Waals surface area contributed by atoms with Crippen LogP contribution in [-0.4, -0.2) is 43.4 Å². The zero-order chi connectivity index (χ0) is 15.2. The summed E-state index contributed by atoms with van der Waals surface area (Å²) in [5, 5.41) is 5.68. The fraction of sp³-hybridized carbons (Fsp3) is 0.500. The van der Waals surface area contributed by atoms with Crippen LogP contribution in [0.25, 0.3) is 0 Å². The number of likely N-dealkylation sites (tertiary alicyclic amines) is 1. The fourth-order valence-electron chi connectivity index (χ4n) is 2.49. The van der Waals surface area contributed by atoms with Crippen LogP contribution in [-0.2, 0) is 0 Å². The third-order valence-corrected chi connectivity index (χ3v) is 3.92. The highest BCUT2D eigenvalue weighted by Crippen LogP contribution is 2.15. The number of benzene rings is 1. The molecule has 1 aliphatic heterocycles. The molecular formula is C16H23N3O2. The highest BCUT2D eigenvalue weighted by atomic mass is 16.2. The lowest BCUT2D eigenvalue weighted by molar-refractivity contribution is 0.101. The zero-order valence-corrected chi connectivity index (χ0v) is 12.7. The van der Waals surface area contributed by atoms with E-state index < -0.39 is 0 Å². The minimum atomic E-state index is -0.213. The van der Waals surface area contributed by atoms with Gasteiger partial charge < -0.3 is 15.5 Å². The van der Waals surface area contributed by atoms with Crippen molar-refractivity contribution >= 4 is 17.5 Å². The van der Waals surface area contributed by atoms with Crippen LogP contribution in [0.2, 0.25) is 0 Å². The van der Waals surface area contributed by atoms with Crippen LogP contribution in [0.1, 0.15) is 30.1 Å². The molecule has 21 heavy (non-hydrogen) atoms.